The summed E-state index contributed by atoms with van der Waals surface area (Å²) in [6, 6.07) is 7.32. The molecule has 1 aromatic heterocycles. The lowest BCUT2D eigenvalue weighted by Gasteiger charge is -2.07. The van der Waals surface area contributed by atoms with Crippen LogP contribution in [-0.4, -0.2) is 27.2 Å². The average molecular weight is 324 g/mol. The van der Waals surface area contributed by atoms with Crippen LogP contribution in [-0.2, 0) is 13.2 Å². The summed E-state index contributed by atoms with van der Waals surface area (Å²) in [7, 11) is 0. The van der Waals surface area contributed by atoms with Gasteiger partial charge >= 0.3 is 0 Å². The number of aliphatic hydroxyl groups excluding tert-OH is 1. The fraction of sp³-hybridized carbons (Fsp3) is 0.214. The molecule has 0 spiro atoms. The molecule has 110 valence electrons. The van der Waals surface area contributed by atoms with Gasteiger partial charge in [-0.3, -0.25) is 4.79 Å². The van der Waals surface area contributed by atoms with E-state index in [0.29, 0.717) is 11.7 Å². The predicted octanol–water partition coefficient (Wildman–Crippen LogP) is 2.27. The lowest BCUT2D eigenvalue weighted by atomic mass is 10.1. The van der Waals surface area contributed by atoms with E-state index in [9.17, 15) is 4.79 Å². The molecule has 7 heteroatoms. The highest BCUT2D eigenvalue weighted by atomic mass is 35.5. The maximum Gasteiger partial charge on any atom is 0.271 e. The van der Waals surface area contributed by atoms with Gasteiger partial charge < -0.3 is 10.4 Å². The van der Waals surface area contributed by atoms with Gasteiger partial charge in [0.2, 0.25) is 0 Å². The van der Waals surface area contributed by atoms with Crippen LogP contribution in [0.25, 0.3) is 0 Å². The van der Waals surface area contributed by atoms with E-state index in [2.05, 4.69) is 15.3 Å². The molecule has 0 aliphatic carbocycles. The van der Waals surface area contributed by atoms with E-state index >= 15 is 0 Å². The van der Waals surface area contributed by atoms with Crippen LogP contribution in [0.15, 0.2) is 35.6 Å². The van der Waals surface area contributed by atoms with Gasteiger partial charge in [-0.25, -0.2) is 9.97 Å². The number of amides is 1. The van der Waals surface area contributed by atoms with Crippen molar-refractivity contribution in [3.8, 4) is 0 Å². The molecule has 0 aliphatic rings. The van der Waals surface area contributed by atoms with Crippen LogP contribution >= 0.6 is 23.4 Å². The molecule has 1 aromatic carbocycles. The molecule has 2 N–H and O–H groups in total. The van der Waals surface area contributed by atoms with Crippen molar-refractivity contribution in [2.75, 3.05) is 6.26 Å². The van der Waals surface area contributed by atoms with Crippen LogP contribution in [0.5, 0.6) is 0 Å². The maximum absolute atomic E-state index is 12.1. The Kier molecular flexibility index (Phi) is 5.55. The van der Waals surface area contributed by atoms with Gasteiger partial charge in [0, 0.05) is 6.54 Å². The first-order valence-electron chi connectivity index (χ1n) is 6.17. The fourth-order valence-corrected chi connectivity index (χ4v) is 2.15. The molecule has 0 saturated heterocycles. The summed E-state index contributed by atoms with van der Waals surface area (Å²) in [5.41, 5.74) is 1.92. The molecule has 5 nitrogen and oxygen atoms in total. The van der Waals surface area contributed by atoms with E-state index in [1.165, 1.54) is 18.0 Å². The van der Waals surface area contributed by atoms with Crippen molar-refractivity contribution in [1.29, 1.82) is 0 Å². The Balaban J connectivity index is 2.04. The molecule has 0 radical (unpaired) electrons. The van der Waals surface area contributed by atoms with Gasteiger partial charge in [-0.2, -0.15) is 0 Å². The number of benzene rings is 1. The summed E-state index contributed by atoms with van der Waals surface area (Å²) in [6.07, 6.45) is 3.25. The number of halogens is 1. The van der Waals surface area contributed by atoms with Crippen molar-refractivity contribution in [1.82, 2.24) is 15.3 Å². The zero-order chi connectivity index (χ0) is 15.2. The summed E-state index contributed by atoms with van der Waals surface area (Å²) >= 11 is 7.29. The quantitative estimate of drug-likeness (QED) is 0.652. The van der Waals surface area contributed by atoms with Crippen molar-refractivity contribution in [3.63, 3.8) is 0 Å². The number of nitrogens with zero attached hydrogens (tertiary/aromatic N) is 2. The van der Waals surface area contributed by atoms with E-state index in [-0.39, 0.29) is 23.2 Å². The first-order chi connectivity index (χ1) is 10.1. The monoisotopic (exact) mass is 323 g/mol. The Hall–Kier alpha value is -1.63. The number of hydrogen-bond acceptors (Lipinski definition) is 5. The fourth-order valence-electron chi connectivity index (χ4n) is 1.64. The minimum absolute atomic E-state index is 0.000639. The van der Waals surface area contributed by atoms with Gasteiger partial charge in [0.15, 0.2) is 10.9 Å². The van der Waals surface area contributed by atoms with Gasteiger partial charge in [-0.1, -0.05) is 47.6 Å². The molecular weight excluding hydrogens is 310 g/mol. The number of aliphatic hydroxyl groups is 1. The second-order valence-electron chi connectivity index (χ2n) is 4.21. The van der Waals surface area contributed by atoms with Crippen molar-refractivity contribution < 1.29 is 9.90 Å². The van der Waals surface area contributed by atoms with Gasteiger partial charge in [-0.15, -0.1) is 0 Å². The summed E-state index contributed by atoms with van der Waals surface area (Å²) in [5.74, 6) is -0.344. The summed E-state index contributed by atoms with van der Waals surface area (Å²) in [5, 5.41) is 12.5. The van der Waals surface area contributed by atoms with Crippen molar-refractivity contribution in [2.24, 2.45) is 0 Å². The average Bonchev–Trinajstić information content (AvgIpc) is 2.53. The Bertz CT molecular complexity index is 635. The summed E-state index contributed by atoms with van der Waals surface area (Å²) < 4.78 is 0. The van der Waals surface area contributed by atoms with E-state index in [1.54, 1.807) is 0 Å². The van der Waals surface area contributed by atoms with Gasteiger partial charge in [0.1, 0.15) is 0 Å². The number of nitrogens with one attached hydrogen (secondary N) is 1. The standard InChI is InChI=1S/C14H14ClN3O2S/c1-21-14-17-7-11(15)12(18-14)13(20)16-6-9-2-4-10(8-19)5-3-9/h2-5,7,19H,6,8H2,1H3,(H,16,20). The Morgan fingerprint density at radius 3 is 2.62 bits per heavy atom. The number of carbonyl (C=O) groups is 1. The van der Waals surface area contributed by atoms with Gasteiger partial charge in [0.05, 0.1) is 17.8 Å². The molecular formula is C14H14ClN3O2S. The highest BCUT2D eigenvalue weighted by Crippen LogP contribution is 2.16. The molecule has 2 rings (SSSR count). The minimum Gasteiger partial charge on any atom is -0.392 e. The second kappa shape index (κ2) is 7.40. The number of rotatable bonds is 5. The molecule has 0 saturated carbocycles. The number of thioether (sulfide) groups is 1. The first kappa shape index (κ1) is 15.8. The molecule has 1 amide bonds. The lowest BCUT2D eigenvalue weighted by Crippen LogP contribution is -2.24. The smallest absolute Gasteiger partial charge is 0.271 e. The molecule has 21 heavy (non-hydrogen) atoms. The SMILES string of the molecule is CSc1ncc(Cl)c(C(=O)NCc2ccc(CO)cc2)n1. The van der Waals surface area contributed by atoms with E-state index in [4.69, 9.17) is 16.7 Å². The highest BCUT2D eigenvalue weighted by Gasteiger charge is 2.13. The maximum atomic E-state index is 12.1. The molecule has 2 aromatic rings. The van der Waals surface area contributed by atoms with Crippen LogP contribution in [0.4, 0.5) is 0 Å². The van der Waals surface area contributed by atoms with Gasteiger partial charge in [0.25, 0.3) is 5.91 Å². The molecule has 0 bridgehead atoms. The second-order valence-corrected chi connectivity index (χ2v) is 5.39. The minimum atomic E-state index is -0.344. The molecule has 1 heterocycles. The van der Waals surface area contributed by atoms with Crippen LogP contribution < -0.4 is 5.32 Å². The predicted molar refractivity (Wildman–Crippen MR) is 82.4 cm³/mol. The lowest BCUT2D eigenvalue weighted by molar-refractivity contribution is 0.0945. The molecule has 0 atom stereocenters. The van der Waals surface area contributed by atoms with Crippen LogP contribution in [0.3, 0.4) is 0 Å². The third kappa shape index (κ3) is 4.17. The summed E-state index contributed by atoms with van der Waals surface area (Å²) in [4.78, 5) is 20.2. The third-order valence-corrected chi connectivity index (χ3v) is 3.62. The molecule has 0 aliphatic heterocycles. The number of hydrogen-bond donors (Lipinski definition) is 2. The Morgan fingerprint density at radius 2 is 2.00 bits per heavy atom. The topological polar surface area (TPSA) is 75.1 Å². The third-order valence-electron chi connectivity index (χ3n) is 2.78. The van der Waals surface area contributed by atoms with E-state index < -0.39 is 0 Å². The van der Waals surface area contributed by atoms with Gasteiger partial charge in [-0.05, 0) is 17.4 Å². The van der Waals surface area contributed by atoms with Crippen LogP contribution in [0, 0.1) is 0 Å². The zero-order valence-corrected chi connectivity index (χ0v) is 12.9. The van der Waals surface area contributed by atoms with Crippen LogP contribution in [0.2, 0.25) is 5.02 Å². The zero-order valence-electron chi connectivity index (χ0n) is 11.3. The van der Waals surface area contributed by atoms with Crippen molar-refractivity contribution in [2.45, 2.75) is 18.3 Å². The number of carbonyl (C=O) groups excluding carboxylic acids is 1. The van der Waals surface area contributed by atoms with E-state index in [0.717, 1.165) is 11.1 Å². The Labute approximate surface area is 131 Å². The van der Waals surface area contributed by atoms with Crippen molar-refractivity contribution >= 4 is 29.3 Å². The highest BCUT2D eigenvalue weighted by molar-refractivity contribution is 7.98. The Morgan fingerprint density at radius 1 is 1.33 bits per heavy atom. The molecule has 0 fully saturated rings. The first-order valence-corrected chi connectivity index (χ1v) is 7.77. The normalized spacial score (nSPS) is 10.4. The number of aromatic nitrogens is 2. The van der Waals surface area contributed by atoms with Crippen LogP contribution in [0.1, 0.15) is 21.6 Å². The van der Waals surface area contributed by atoms with E-state index in [1.807, 2.05) is 30.5 Å². The molecule has 0 unspecified atom stereocenters. The van der Waals surface area contributed by atoms with Crippen molar-refractivity contribution in [3.05, 3.63) is 52.3 Å². The summed E-state index contributed by atoms with van der Waals surface area (Å²) in [6.45, 7) is 0.361. The largest absolute Gasteiger partial charge is 0.392 e.